The van der Waals surface area contributed by atoms with Crippen LogP contribution in [0.5, 0.6) is 0 Å². The van der Waals surface area contributed by atoms with Crippen molar-refractivity contribution in [2.24, 2.45) is 0 Å². The fourth-order valence-corrected chi connectivity index (χ4v) is 5.93. The first-order chi connectivity index (χ1) is 15.4. The summed E-state index contributed by atoms with van der Waals surface area (Å²) in [7, 11) is -3.60. The second kappa shape index (κ2) is 10.2. The summed E-state index contributed by atoms with van der Waals surface area (Å²) in [6.45, 7) is 2.66. The number of benzene rings is 1. The van der Waals surface area contributed by atoms with Gasteiger partial charge >= 0.3 is 0 Å². The number of thiophene rings is 1. The van der Waals surface area contributed by atoms with E-state index in [1.54, 1.807) is 34.6 Å². The molecule has 32 heavy (non-hydrogen) atoms. The van der Waals surface area contributed by atoms with Crippen LogP contribution >= 0.6 is 22.9 Å². The van der Waals surface area contributed by atoms with Crippen LogP contribution in [-0.4, -0.2) is 61.2 Å². The number of hydrogen-bond donors (Lipinski definition) is 0. The Morgan fingerprint density at radius 3 is 2.41 bits per heavy atom. The molecule has 0 unspecified atom stereocenters. The monoisotopic (exact) mass is 493 g/mol. The Morgan fingerprint density at radius 1 is 1.03 bits per heavy atom. The normalized spacial score (nSPS) is 15.4. The Balaban J connectivity index is 1.36. The number of furan rings is 1. The molecule has 7 nitrogen and oxygen atoms in total. The van der Waals surface area contributed by atoms with E-state index < -0.39 is 10.0 Å². The zero-order chi connectivity index (χ0) is 22.6. The van der Waals surface area contributed by atoms with Gasteiger partial charge in [0, 0.05) is 42.6 Å². The number of halogens is 1. The van der Waals surface area contributed by atoms with Crippen LogP contribution in [0.1, 0.15) is 10.6 Å². The smallest absolute Gasteiger partial charge is 0.243 e. The molecule has 0 radical (unpaired) electrons. The Labute approximate surface area is 196 Å². The number of hydrogen-bond acceptors (Lipinski definition) is 6. The lowest BCUT2D eigenvalue weighted by Crippen LogP contribution is -2.52. The lowest BCUT2D eigenvalue weighted by molar-refractivity contribution is -0.133. The second-order valence-corrected chi connectivity index (χ2v) is 10.9. The maximum Gasteiger partial charge on any atom is 0.243 e. The predicted molar refractivity (Wildman–Crippen MR) is 124 cm³/mol. The highest BCUT2D eigenvalue weighted by molar-refractivity contribution is 7.89. The van der Waals surface area contributed by atoms with E-state index in [-0.39, 0.29) is 30.4 Å². The highest BCUT2D eigenvalue weighted by Gasteiger charge is 2.30. The van der Waals surface area contributed by atoms with E-state index in [0.717, 1.165) is 5.76 Å². The highest BCUT2D eigenvalue weighted by atomic mass is 35.5. The fourth-order valence-electron chi connectivity index (χ4n) is 3.64. The number of nitrogens with zero attached hydrogens (tertiary/aromatic N) is 3. The van der Waals surface area contributed by atoms with E-state index in [9.17, 15) is 13.2 Å². The van der Waals surface area contributed by atoms with Crippen LogP contribution in [0, 0.1) is 0 Å². The van der Waals surface area contributed by atoms with Crippen LogP contribution in [0.3, 0.4) is 0 Å². The van der Waals surface area contributed by atoms with Crippen molar-refractivity contribution in [3.05, 3.63) is 75.8 Å². The number of carbonyl (C=O) groups is 1. The zero-order valence-electron chi connectivity index (χ0n) is 17.4. The lowest BCUT2D eigenvalue weighted by atomic mass is 10.3. The maximum atomic E-state index is 13.0. The van der Waals surface area contributed by atoms with E-state index in [1.807, 2.05) is 34.5 Å². The number of sulfonamides is 1. The molecule has 3 aromatic rings. The summed E-state index contributed by atoms with van der Waals surface area (Å²) in [6, 6.07) is 13.9. The molecule has 3 heterocycles. The van der Waals surface area contributed by atoms with Crippen molar-refractivity contribution in [2.75, 3.05) is 32.7 Å². The van der Waals surface area contributed by atoms with Crippen LogP contribution in [0.2, 0.25) is 5.02 Å². The van der Waals surface area contributed by atoms with E-state index in [2.05, 4.69) is 0 Å². The molecule has 1 amide bonds. The lowest BCUT2D eigenvalue weighted by Gasteiger charge is -2.35. The third kappa shape index (κ3) is 5.60. The van der Waals surface area contributed by atoms with Crippen molar-refractivity contribution < 1.29 is 17.6 Å². The van der Waals surface area contributed by atoms with Crippen LogP contribution < -0.4 is 0 Å². The van der Waals surface area contributed by atoms with Gasteiger partial charge in [-0.15, -0.1) is 11.3 Å². The molecule has 1 aliphatic heterocycles. The molecule has 1 aromatic carbocycles. The first-order valence-corrected chi connectivity index (χ1v) is 12.9. The average molecular weight is 494 g/mol. The molecular weight excluding hydrogens is 470 g/mol. The second-order valence-electron chi connectivity index (χ2n) is 7.54. The topological polar surface area (TPSA) is 74.1 Å². The van der Waals surface area contributed by atoms with Gasteiger partial charge in [0.25, 0.3) is 0 Å². The first-order valence-electron chi connectivity index (χ1n) is 10.2. The predicted octanol–water partition coefficient (Wildman–Crippen LogP) is 3.53. The molecule has 2 aromatic heterocycles. The van der Waals surface area contributed by atoms with Gasteiger partial charge in [-0.05, 0) is 47.8 Å². The minimum atomic E-state index is -3.60. The van der Waals surface area contributed by atoms with Crippen LogP contribution in [0.15, 0.2) is 69.5 Å². The van der Waals surface area contributed by atoms with Crippen LogP contribution in [-0.2, 0) is 27.9 Å². The van der Waals surface area contributed by atoms with Gasteiger partial charge in [-0.1, -0.05) is 17.7 Å². The third-order valence-electron chi connectivity index (χ3n) is 5.32. The molecule has 0 N–H and O–H groups in total. The largest absolute Gasteiger partial charge is 0.468 e. The molecule has 170 valence electrons. The van der Waals surface area contributed by atoms with Crippen molar-refractivity contribution in [2.45, 2.75) is 18.0 Å². The Morgan fingerprint density at radius 2 is 1.78 bits per heavy atom. The van der Waals surface area contributed by atoms with Gasteiger partial charge in [0.1, 0.15) is 5.76 Å². The summed E-state index contributed by atoms with van der Waals surface area (Å²) in [6.07, 6.45) is 1.63. The third-order valence-corrected chi connectivity index (χ3v) is 8.35. The van der Waals surface area contributed by atoms with Gasteiger partial charge in [-0.25, -0.2) is 8.42 Å². The Bertz CT molecular complexity index is 1070. The molecule has 0 saturated carbocycles. The molecule has 0 spiro atoms. The molecule has 0 atom stereocenters. The number of amides is 1. The van der Waals surface area contributed by atoms with Gasteiger partial charge in [0.05, 0.1) is 24.2 Å². The Hall–Kier alpha value is -2.17. The van der Waals surface area contributed by atoms with Gasteiger partial charge in [0.15, 0.2) is 0 Å². The number of rotatable bonds is 8. The molecular formula is C22H24ClN3O4S2. The fraction of sp³-hybridized carbons (Fsp3) is 0.318. The molecule has 1 fully saturated rings. The zero-order valence-corrected chi connectivity index (χ0v) is 19.8. The first kappa shape index (κ1) is 23.0. The summed E-state index contributed by atoms with van der Waals surface area (Å²) in [5, 5.41) is 2.50. The quantitative estimate of drug-likeness (QED) is 0.480. The number of piperazine rings is 1. The molecule has 4 rings (SSSR count). The van der Waals surface area contributed by atoms with Crippen molar-refractivity contribution in [3.63, 3.8) is 0 Å². The maximum absolute atomic E-state index is 13.0. The summed E-state index contributed by atoms with van der Waals surface area (Å²) in [5.74, 6) is 0.782. The summed E-state index contributed by atoms with van der Waals surface area (Å²) in [5.41, 5.74) is 0. The van der Waals surface area contributed by atoms with Gasteiger partial charge in [-0.3, -0.25) is 9.69 Å². The molecule has 1 aliphatic rings. The average Bonchev–Trinajstić information content (AvgIpc) is 3.48. The highest BCUT2D eigenvalue weighted by Crippen LogP contribution is 2.20. The van der Waals surface area contributed by atoms with Crippen molar-refractivity contribution >= 4 is 38.9 Å². The van der Waals surface area contributed by atoms with Gasteiger partial charge in [-0.2, -0.15) is 4.31 Å². The summed E-state index contributed by atoms with van der Waals surface area (Å²) >= 11 is 7.52. The summed E-state index contributed by atoms with van der Waals surface area (Å²) < 4.78 is 32.6. The molecule has 0 bridgehead atoms. The van der Waals surface area contributed by atoms with Gasteiger partial charge in [0.2, 0.25) is 15.9 Å². The van der Waals surface area contributed by atoms with Crippen molar-refractivity contribution in [3.8, 4) is 0 Å². The molecule has 10 heteroatoms. The minimum Gasteiger partial charge on any atom is -0.468 e. The minimum absolute atomic E-state index is 0.0170. The van der Waals surface area contributed by atoms with Crippen LogP contribution in [0.25, 0.3) is 0 Å². The standard InChI is InChI=1S/C22H24ClN3O4S2/c23-18-5-7-21(8-6-18)32(28,29)26-11-9-25(10-12-26)22(27)17-24(15-19-3-1-13-30-19)16-20-4-2-14-31-20/h1-8,13-14H,9-12,15-17H2. The SMILES string of the molecule is O=C(CN(Cc1ccco1)Cc1cccs1)N1CCN(S(=O)(=O)c2ccc(Cl)cc2)CC1. The molecule has 1 saturated heterocycles. The summed E-state index contributed by atoms with van der Waals surface area (Å²) in [4.78, 5) is 18.2. The van der Waals surface area contributed by atoms with E-state index >= 15 is 0 Å². The van der Waals surface area contributed by atoms with E-state index in [4.69, 9.17) is 16.0 Å². The van der Waals surface area contributed by atoms with Crippen molar-refractivity contribution in [1.29, 1.82) is 0 Å². The van der Waals surface area contributed by atoms with E-state index in [0.29, 0.717) is 31.2 Å². The van der Waals surface area contributed by atoms with Crippen LogP contribution in [0.4, 0.5) is 0 Å². The van der Waals surface area contributed by atoms with Crippen molar-refractivity contribution in [1.82, 2.24) is 14.1 Å². The Kier molecular flexibility index (Phi) is 7.32. The number of carbonyl (C=O) groups excluding carboxylic acids is 1. The van der Waals surface area contributed by atoms with Gasteiger partial charge < -0.3 is 9.32 Å². The van der Waals surface area contributed by atoms with E-state index in [1.165, 1.54) is 21.3 Å². The molecule has 0 aliphatic carbocycles.